The van der Waals surface area contributed by atoms with Crippen molar-refractivity contribution in [1.82, 2.24) is 5.32 Å². The molecule has 2 rings (SSSR count). The van der Waals surface area contributed by atoms with Crippen LogP contribution in [0.15, 0.2) is 34.7 Å². The summed E-state index contributed by atoms with van der Waals surface area (Å²) in [6, 6.07) is 3.72. The van der Waals surface area contributed by atoms with Crippen LogP contribution in [0.5, 0.6) is 0 Å². The van der Waals surface area contributed by atoms with Crippen LogP contribution in [-0.4, -0.2) is 38.6 Å². The third-order valence-electron chi connectivity index (χ3n) is 5.04. The summed E-state index contributed by atoms with van der Waals surface area (Å²) in [6.07, 6.45) is 3.12. The summed E-state index contributed by atoms with van der Waals surface area (Å²) in [5.74, 6) is 0.108. The van der Waals surface area contributed by atoms with Gasteiger partial charge in [0.15, 0.2) is 9.84 Å². The van der Waals surface area contributed by atoms with E-state index in [1.54, 1.807) is 0 Å². The molecule has 1 saturated carbocycles. The number of nitro benzene ring substituents is 1. The van der Waals surface area contributed by atoms with Crippen LogP contribution in [0.25, 0.3) is 0 Å². The third-order valence-corrected chi connectivity index (χ3v) is 6.15. The monoisotopic (exact) mass is 409 g/mol. The van der Waals surface area contributed by atoms with Gasteiger partial charge in [0.1, 0.15) is 5.69 Å². The first-order valence-corrected chi connectivity index (χ1v) is 10.9. The molecule has 2 unspecified atom stereocenters. The first-order valence-electron chi connectivity index (χ1n) is 9.01. The second-order valence-corrected chi connectivity index (χ2v) is 10.0. The van der Waals surface area contributed by atoms with E-state index in [0.717, 1.165) is 12.3 Å². The number of allylic oxidation sites excluding steroid dienone is 2. The van der Waals surface area contributed by atoms with Gasteiger partial charge in [-0.25, -0.2) is 8.42 Å². The fraction of sp³-hybridized carbons (Fsp3) is 0.526. The molecular weight excluding hydrogens is 382 g/mol. The summed E-state index contributed by atoms with van der Waals surface area (Å²) in [5.41, 5.74) is 0.997. The molecule has 0 aromatic heterocycles. The van der Waals surface area contributed by atoms with Crippen LogP contribution in [0, 0.1) is 27.4 Å². The molecule has 1 aliphatic carbocycles. The minimum atomic E-state index is -3.53. The normalized spacial score (nSPS) is 20.2. The maximum Gasteiger partial charge on any atom is 0.293 e. The van der Waals surface area contributed by atoms with Crippen LogP contribution in [0.2, 0.25) is 0 Å². The number of benzene rings is 1. The highest BCUT2D eigenvalue weighted by Gasteiger charge is 2.60. The molecule has 1 fully saturated rings. The predicted octanol–water partition coefficient (Wildman–Crippen LogP) is 2.76. The number of anilines is 1. The zero-order valence-electron chi connectivity index (χ0n) is 16.8. The Balaban J connectivity index is 1.95. The van der Waals surface area contributed by atoms with E-state index >= 15 is 0 Å². The fourth-order valence-corrected chi connectivity index (χ4v) is 4.03. The predicted molar refractivity (Wildman–Crippen MR) is 108 cm³/mol. The van der Waals surface area contributed by atoms with Crippen molar-refractivity contribution in [2.45, 2.75) is 32.6 Å². The maximum absolute atomic E-state index is 12.4. The molecule has 0 saturated heterocycles. The lowest BCUT2D eigenvalue weighted by molar-refractivity contribution is -0.384. The summed E-state index contributed by atoms with van der Waals surface area (Å²) < 4.78 is 23.2. The first kappa shape index (κ1) is 21.9. The summed E-state index contributed by atoms with van der Waals surface area (Å²) in [6.45, 7) is 8.73. The van der Waals surface area contributed by atoms with E-state index in [-0.39, 0.29) is 46.0 Å². The number of hydrogen-bond acceptors (Lipinski definition) is 6. The standard InChI is InChI=1S/C19H27N3O5S/c1-12(2)10-14-17(19(14,3)4)18(23)21-9-8-20-15-7-6-13(28(5,26)27)11-16(15)22(24)25/h6-7,10-11,14,17,20H,8-9H2,1-5H3,(H,21,23). The Hall–Kier alpha value is -2.42. The molecule has 0 bridgehead atoms. The molecule has 0 aliphatic heterocycles. The SMILES string of the molecule is CC(C)=CC1C(C(=O)NCCNc2ccc(S(C)(=O)=O)cc2[N+](=O)[O-])C1(C)C. The molecule has 0 heterocycles. The highest BCUT2D eigenvalue weighted by molar-refractivity contribution is 7.90. The molecule has 2 atom stereocenters. The number of nitro groups is 1. The van der Waals surface area contributed by atoms with Gasteiger partial charge in [-0.15, -0.1) is 0 Å². The Bertz CT molecular complexity index is 917. The first-order chi connectivity index (χ1) is 12.9. The van der Waals surface area contributed by atoms with Crippen LogP contribution in [0.3, 0.4) is 0 Å². The van der Waals surface area contributed by atoms with Gasteiger partial charge in [-0.1, -0.05) is 25.5 Å². The molecule has 2 N–H and O–H groups in total. The maximum atomic E-state index is 12.4. The minimum absolute atomic E-state index is 0.0313. The van der Waals surface area contributed by atoms with Crippen LogP contribution in [0.4, 0.5) is 11.4 Å². The molecule has 154 valence electrons. The molecule has 28 heavy (non-hydrogen) atoms. The number of carbonyl (C=O) groups is 1. The van der Waals surface area contributed by atoms with Crippen LogP contribution < -0.4 is 10.6 Å². The summed E-state index contributed by atoms with van der Waals surface area (Å²) in [4.78, 5) is 22.9. The number of rotatable bonds is 8. The zero-order chi connectivity index (χ0) is 21.3. The minimum Gasteiger partial charge on any atom is -0.378 e. The van der Waals surface area contributed by atoms with Gasteiger partial charge >= 0.3 is 0 Å². The van der Waals surface area contributed by atoms with Gasteiger partial charge in [0.05, 0.1) is 15.7 Å². The Morgan fingerprint density at radius 1 is 1.29 bits per heavy atom. The Morgan fingerprint density at radius 3 is 2.46 bits per heavy atom. The van der Waals surface area contributed by atoms with Gasteiger partial charge < -0.3 is 10.6 Å². The van der Waals surface area contributed by atoms with Gasteiger partial charge in [0.25, 0.3) is 5.69 Å². The molecular formula is C19H27N3O5S. The number of carbonyl (C=O) groups excluding carboxylic acids is 1. The van der Waals surface area contributed by atoms with Gasteiger partial charge in [0, 0.05) is 25.4 Å². The molecule has 8 nitrogen and oxygen atoms in total. The largest absolute Gasteiger partial charge is 0.378 e. The summed E-state index contributed by atoms with van der Waals surface area (Å²) in [5, 5.41) is 17.0. The average molecular weight is 410 g/mol. The molecule has 9 heteroatoms. The second kappa shape index (κ2) is 7.90. The van der Waals surface area contributed by atoms with Crippen molar-refractivity contribution in [3.05, 3.63) is 40.0 Å². The van der Waals surface area contributed by atoms with Crippen molar-refractivity contribution in [1.29, 1.82) is 0 Å². The Labute approximate surface area is 165 Å². The fourth-order valence-electron chi connectivity index (χ4n) is 3.38. The van der Waals surface area contributed by atoms with Crippen LogP contribution in [0.1, 0.15) is 27.7 Å². The number of amides is 1. The molecule has 0 spiro atoms. The van der Waals surface area contributed by atoms with Crippen molar-refractivity contribution in [2.75, 3.05) is 24.7 Å². The van der Waals surface area contributed by atoms with E-state index in [0.29, 0.717) is 6.54 Å². The van der Waals surface area contributed by atoms with Gasteiger partial charge in [-0.2, -0.15) is 0 Å². The Kier molecular flexibility index (Phi) is 6.18. The van der Waals surface area contributed by atoms with E-state index in [4.69, 9.17) is 0 Å². The lowest BCUT2D eigenvalue weighted by atomic mass is 10.1. The van der Waals surface area contributed by atoms with Crippen molar-refractivity contribution in [3.8, 4) is 0 Å². The van der Waals surface area contributed by atoms with E-state index in [1.807, 2.05) is 13.8 Å². The van der Waals surface area contributed by atoms with Gasteiger partial charge in [-0.05, 0) is 37.3 Å². The van der Waals surface area contributed by atoms with E-state index < -0.39 is 14.8 Å². The number of nitrogens with one attached hydrogen (secondary N) is 2. The second-order valence-electron chi connectivity index (χ2n) is 7.99. The highest BCUT2D eigenvalue weighted by atomic mass is 32.2. The van der Waals surface area contributed by atoms with Crippen molar-refractivity contribution in [2.24, 2.45) is 17.3 Å². The average Bonchev–Trinajstić information content (AvgIpc) is 3.09. The van der Waals surface area contributed by atoms with E-state index in [9.17, 15) is 23.3 Å². The zero-order valence-corrected chi connectivity index (χ0v) is 17.6. The quantitative estimate of drug-likeness (QED) is 0.295. The third kappa shape index (κ3) is 4.89. The lowest BCUT2D eigenvalue weighted by Gasteiger charge is -2.10. The number of hydrogen-bond donors (Lipinski definition) is 2. The van der Waals surface area contributed by atoms with Gasteiger partial charge in [0.2, 0.25) is 5.91 Å². The summed E-state index contributed by atoms with van der Waals surface area (Å²) in [7, 11) is -3.53. The number of sulfone groups is 1. The lowest BCUT2D eigenvalue weighted by Crippen LogP contribution is -2.31. The smallest absolute Gasteiger partial charge is 0.293 e. The molecule has 1 aliphatic rings. The Morgan fingerprint density at radius 2 is 1.93 bits per heavy atom. The van der Waals surface area contributed by atoms with Gasteiger partial charge in [-0.3, -0.25) is 14.9 Å². The van der Waals surface area contributed by atoms with Crippen LogP contribution >= 0.6 is 0 Å². The van der Waals surface area contributed by atoms with E-state index in [2.05, 4.69) is 30.6 Å². The van der Waals surface area contributed by atoms with Crippen molar-refractivity contribution >= 4 is 27.1 Å². The van der Waals surface area contributed by atoms with Crippen molar-refractivity contribution in [3.63, 3.8) is 0 Å². The molecule has 1 aromatic rings. The van der Waals surface area contributed by atoms with Crippen molar-refractivity contribution < 1.29 is 18.1 Å². The molecule has 0 radical (unpaired) electrons. The van der Waals surface area contributed by atoms with Crippen LogP contribution in [-0.2, 0) is 14.6 Å². The van der Waals surface area contributed by atoms with E-state index in [1.165, 1.54) is 17.7 Å². The topological polar surface area (TPSA) is 118 Å². The molecule has 1 aromatic carbocycles. The highest BCUT2D eigenvalue weighted by Crippen LogP contribution is 2.59. The number of nitrogens with zero attached hydrogens (tertiary/aromatic N) is 1. The molecule has 1 amide bonds. The summed E-state index contributed by atoms with van der Waals surface area (Å²) >= 11 is 0.